The second kappa shape index (κ2) is 7.02. The van der Waals surface area contributed by atoms with Crippen LogP contribution in [-0.4, -0.2) is 54.1 Å². The Morgan fingerprint density at radius 3 is 2.53 bits per heavy atom. The molecule has 4 nitrogen and oxygen atoms in total. The van der Waals surface area contributed by atoms with Gasteiger partial charge in [-0.25, -0.2) is 0 Å². The summed E-state index contributed by atoms with van der Waals surface area (Å²) in [5.41, 5.74) is 0. The summed E-state index contributed by atoms with van der Waals surface area (Å²) in [7, 11) is 2.24. The van der Waals surface area contributed by atoms with Crippen molar-refractivity contribution in [1.29, 1.82) is 0 Å². The summed E-state index contributed by atoms with van der Waals surface area (Å²) in [6.07, 6.45) is 7.04. The van der Waals surface area contributed by atoms with Crippen molar-refractivity contribution in [2.75, 3.05) is 13.6 Å². The number of aliphatic hydroxyl groups excluding tert-OH is 1. The molecule has 0 radical (unpaired) electrons. The van der Waals surface area contributed by atoms with Gasteiger partial charge < -0.3 is 20.1 Å². The van der Waals surface area contributed by atoms with Gasteiger partial charge in [-0.1, -0.05) is 12.8 Å². The Balaban J connectivity index is 1.72. The third-order valence-corrected chi connectivity index (χ3v) is 4.49. The lowest BCUT2D eigenvalue weighted by atomic mass is 10.1. The van der Waals surface area contributed by atoms with Crippen LogP contribution in [0.2, 0.25) is 0 Å². The van der Waals surface area contributed by atoms with Crippen LogP contribution in [0.4, 0.5) is 0 Å². The van der Waals surface area contributed by atoms with E-state index in [4.69, 9.17) is 4.74 Å². The maximum atomic E-state index is 9.98. The number of aliphatic hydroxyl groups is 1. The van der Waals surface area contributed by atoms with Crippen LogP contribution in [0.15, 0.2) is 0 Å². The second-order valence-electron chi connectivity index (χ2n) is 6.50. The maximum absolute atomic E-state index is 9.98. The van der Waals surface area contributed by atoms with Gasteiger partial charge in [-0.2, -0.15) is 0 Å². The topological polar surface area (TPSA) is 44.7 Å². The average Bonchev–Trinajstić information content (AvgIpc) is 2.98. The zero-order valence-corrected chi connectivity index (χ0v) is 12.6. The molecule has 2 fully saturated rings. The molecule has 2 N–H and O–H groups in total. The van der Waals surface area contributed by atoms with Crippen LogP contribution < -0.4 is 5.32 Å². The van der Waals surface area contributed by atoms with Gasteiger partial charge in [-0.3, -0.25) is 0 Å². The number of nitrogens with zero attached hydrogens (tertiary/aromatic N) is 1. The number of nitrogens with one attached hydrogen (secondary N) is 1. The Kier molecular flexibility index (Phi) is 5.63. The SMILES string of the molecule is CC(C)OC(O)C1CCC(CN(C)C2CCCC2)N1. The third-order valence-electron chi connectivity index (χ3n) is 4.49. The third kappa shape index (κ3) is 4.42. The molecular formula is C15H30N2O2. The highest BCUT2D eigenvalue weighted by Crippen LogP contribution is 2.24. The van der Waals surface area contributed by atoms with Crippen molar-refractivity contribution >= 4 is 0 Å². The monoisotopic (exact) mass is 270 g/mol. The molecule has 2 rings (SSSR count). The molecule has 1 saturated heterocycles. The van der Waals surface area contributed by atoms with Crippen molar-refractivity contribution in [2.24, 2.45) is 0 Å². The van der Waals surface area contributed by atoms with Crippen molar-refractivity contribution in [3.63, 3.8) is 0 Å². The second-order valence-corrected chi connectivity index (χ2v) is 6.50. The molecule has 112 valence electrons. The van der Waals surface area contributed by atoms with E-state index in [1.165, 1.54) is 25.7 Å². The molecule has 0 spiro atoms. The zero-order valence-electron chi connectivity index (χ0n) is 12.6. The molecule has 0 amide bonds. The van der Waals surface area contributed by atoms with E-state index >= 15 is 0 Å². The Hall–Kier alpha value is -0.160. The predicted octanol–water partition coefficient (Wildman–Crippen LogP) is 1.72. The number of rotatable bonds is 6. The summed E-state index contributed by atoms with van der Waals surface area (Å²) in [6, 6.07) is 1.38. The van der Waals surface area contributed by atoms with Crippen molar-refractivity contribution in [2.45, 2.75) is 82.9 Å². The number of likely N-dealkylation sites (N-methyl/N-ethyl adjacent to an activating group) is 1. The van der Waals surface area contributed by atoms with Gasteiger partial charge >= 0.3 is 0 Å². The van der Waals surface area contributed by atoms with E-state index in [0.29, 0.717) is 6.04 Å². The molecule has 1 heterocycles. The van der Waals surface area contributed by atoms with Crippen LogP contribution in [0.3, 0.4) is 0 Å². The van der Waals surface area contributed by atoms with E-state index in [2.05, 4.69) is 17.3 Å². The van der Waals surface area contributed by atoms with Gasteiger partial charge in [0.1, 0.15) is 0 Å². The van der Waals surface area contributed by atoms with Gasteiger partial charge in [-0.05, 0) is 46.6 Å². The molecule has 1 aliphatic carbocycles. The smallest absolute Gasteiger partial charge is 0.170 e. The first-order valence-electron chi connectivity index (χ1n) is 7.86. The minimum Gasteiger partial charge on any atom is -0.367 e. The molecule has 3 atom stereocenters. The minimum absolute atomic E-state index is 0.0806. The fourth-order valence-electron chi connectivity index (χ4n) is 3.43. The highest BCUT2D eigenvalue weighted by molar-refractivity contribution is 4.88. The van der Waals surface area contributed by atoms with Crippen LogP contribution in [0.1, 0.15) is 52.4 Å². The molecule has 2 aliphatic rings. The van der Waals surface area contributed by atoms with Crippen molar-refractivity contribution in [1.82, 2.24) is 10.2 Å². The Bertz CT molecular complexity index is 267. The molecule has 0 aromatic heterocycles. The highest BCUT2D eigenvalue weighted by atomic mass is 16.6. The minimum atomic E-state index is -0.665. The fourth-order valence-corrected chi connectivity index (χ4v) is 3.43. The number of hydrogen-bond donors (Lipinski definition) is 2. The van der Waals surface area contributed by atoms with Crippen LogP contribution in [0, 0.1) is 0 Å². The van der Waals surface area contributed by atoms with Gasteiger partial charge in [0.15, 0.2) is 6.29 Å². The van der Waals surface area contributed by atoms with E-state index in [-0.39, 0.29) is 12.1 Å². The molecule has 0 aromatic carbocycles. The number of ether oxygens (including phenoxy) is 1. The van der Waals surface area contributed by atoms with E-state index in [1.54, 1.807) is 0 Å². The summed E-state index contributed by atoms with van der Waals surface area (Å²) < 4.78 is 5.47. The predicted molar refractivity (Wildman–Crippen MR) is 77.1 cm³/mol. The molecule has 4 heteroatoms. The standard InChI is InChI=1S/C15H30N2O2/c1-11(2)19-15(18)14-9-8-12(16-14)10-17(3)13-6-4-5-7-13/h11-16,18H,4-10H2,1-3H3. The molecule has 1 aliphatic heterocycles. The van der Waals surface area contributed by atoms with Gasteiger partial charge in [0.2, 0.25) is 0 Å². The highest BCUT2D eigenvalue weighted by Gasteiger charge is 2.31. The zero-order chi connectivity index (χ0) is 13.8. The van der Waals surface area contributed by atoms with Crippen molar-refractivity contribution in [3.05, 3.63) is 0 Å². The van der Waals surface area contributed by atoms with Gasteiger partial charge in [0.05, 0.1) is 12.1 Å². The van der Waals surface area contributed by atoms with Crippen LogP contribution in [-0.2, 0) is 4.74 Å². The van der Waals surface area contributed by atoms with E-state index < -0.39 is 6.29 Å². The van der Waals surface area contributed by atoms with Crippen molar-refractivity contribution < 1.29 is 9.84 Å². The van der Waals surface area contributed by atoms with Gasteiger partial charge in [-0.15, -0.1) is 0 Å². The lowest BCUT2D eigenvalue weighted by Gasteiger charge is -2.28. The largest absolute Gasteiger partial charge is 0.367 e. The molecule has 1 saturated carbocycles. The fraction of sp³-hybridized carbons (Fsp3) is 1.00. The summed E-state index contributed by atoms with van der Waals surface area (Å²) in [5, 5.41) is 13.5. The first kappa shape index (κ1) is 15.2. The Labute approximate surface area is 117 Å². The summed E-state index contributed by atoms with van der Waals surface area (Å²) in [4.78, 5) is 2.50. The summed E-state index contributed by atoms with van der Waals surface area (Å²) in [5.74, 6) is 0. The quantitative estimate of drug-likeness (QED) is 0.722. The van der Waals surface area contributed by atoms with E-state index in [1.807, 2.05) is 13.8 Å². The van der Waals surface area contributed by atoms with Crippen molar-refractivity contribution in [3.8, 4) is 0 Å². The van der Waals surface area contributed by atoms with E-state index in [0.717, 1.165) is 25.4 Å². The number of hydrogen-bond acceptors (Lipinski definition) is 4. The van der Waals surface area contributed by atoms with Crippen LogP contribution in [0.5, 0.6) is 0 Å². The Morgan fingerprint density at radius 2 is 1.89 bits per heavy atom. The molecule has 19 heavy (non-hydrogen) atoms. The molecular weight excluding hydrogens is 240 g/mol. The average molecular weight is 270 g/mol. The Morgan fingerprint density at radius 1 is 1.21 bits per heavy atom. The lowest BCUT2D eigenvalue weighted by Crippen LogP contribution is -2.45. The molecule has 3 unspecified atom stereocenters. The normalized spacial score (nSPS) is 30.6. The molecule has 0 aromatic rings. The summed E-state index contributed by atoms with van der Waals surface area (Å²) in [6.45, 7) is 5.02. The first-order chi connectivity index (χ1) is 9.06. The van der Waals surface area contributed by atoms with Gasteiger partial charge in [0, 0.05) is 18.6 Å². The van der Waals surface area contributed by atoms with E-state index in [9.17, 15) is 5.11 Å². The lowest BCUT2D eigenvalue weighted by molar-refractivity contribution is -0.141. The van der Waals surface area contributed by atoms with Gasteiger partial charge in [0.25, 0.3) is 0 Å². The summed E-state index contributed by atoms with van der Waals surface area (Å²) >= 11 is 0. The van der Waals surface area contributed by atoms with Crippen LogP contribution >= 0.6 is 0 Å². The van der Waals surface area contributed by atoms with Crippen LogP contribution in [0.25, 0.3) is 0 Å². The molecule has 0 bridgehead atoms. The maximum Gasteiger partial charge on any atom is 0.170 e. The first-order valence-corrected chi connectivity index (χ1v) is 7.86.